The van der Waals surface area contributed by atoms with Crippen molar-refractivity contribution in [3.05, 3.63) is 65.2 Å². The summed E-state index contributed by atoms with van der Waals surface area (Å²) in [5, 5.41) is 2.03. The van der Waals surface area contributed by atoms with Crippen molar-refractivity contribution >= 4 is 0 Å². The molecule has 2 aromatic carbocycles. The van der Waals surface area contributed by atoms with Gasteiger partial charge in [-0.15, -0.1) is 0 Å². The van der Waals surface area contributed by atoms with Crippen molar-refractivity contribution in [1.29, 1.82) is 0 Å². The van der Waals surface area contributed by atoms with Gasteiger partial charge >= 0.3 is 6.18 Å². The van der Waals surface area contributed by atoms with E-state index < -0.39 is 11.7 Å². The van der Waals surface area contributed by atoms with Crippen molar-refractivity contribution < 1.29 is 23.2 Å². The number of halogens is 3. The number of quaternary nitrogens is 1. The van der Waals surface area contributed by atoms with Crippen LogP contribution in [0.2, 0.25) is 0 Å². The van der Waals surface area contributed by atoms with E-state index >= 15 is 0 Å². The first-order chi connectivity index (χ1) is 10.0. The molecule has 0 unspecified atom stereocenters. The number of nitrogens with two attached hydrogens (primary N) is 1. The summed E-state index contributed by atoms with van der Waals surface area (Å²) in [5.74, 6) is 0.821. The van der Waals surface area contributed by atoms with Crippen molar-refractivity contribution in [2.24, 2.45) is 0 Å². The topological polar surface area (TPSA) is 25.8 Å². The zero-order valence-corrected chi connectivity index (χ0v) is 11.7. The Bertz CT molecular complexity index is 579. The zero-order chi connectivity index (χ0) is 15.3. The van der Waals surface area contributed by atoms with Crippen LogP contribution in [0.3, 0.4) is 0 Å². The van der Waals surface area contributed by atoms with Crippen LogP contribution in [-0.2, 0) is 19.3 Å². The second kappa shape index (κ2) is 6.63. The molecule has 21 heavy (non-hydrogen) atoms. The Morgan fingerprint density at radius 1 is 0.952 bits per heavy atom. The summed E-state index contributed by atoms with van der Waals surface area (Å²) in [5.41, 5.74) is 1.31. The van der Waals surface area contributed by atoms with Gasteiger partial charge < -0.3 is 10.1 Å². The molecule has 0 radical (unpaired) electrons. The van der Waals surface area contributed by atoms with Crippen LogP contribution in [0.1, 0.15) is 16.7 Å². The van der Waals surface area contributed by atoms with Crippen molar-refractivity contribution in [3.63, 3.8) is 0 Å². The molecule has 0 spiro atoms. The minimum Gasteiger partial charge on any atom is -0.496 e. The van der Waals surface area contributed by atoms with E-state index in [4.69, 9.17) is 4.74 Å². The fourth-order valence-electron chi connectivity index (χ4n) is 2.10. The molecule has 2 rings (SSSR count). The van der Waals surface area contributed by atoms with E-state index in [0.29, 0.717) is 13.1 Å². The molecular weight excluding hydrogens is 279 g/mol. The van der Waals surface area contributed by atoms with Crippen LogP contribution in [0.5, 0.6) is 5.75 Å². The number of alkyl halides is 3. The lowest BCUT2D eigenvalue weighted by molar-refractivity contribution is -0.686. The lowest BCUT2D eigenvalue weighted by Gasteiger charge is -2.08. The Hall–Kier alpha value is -2.01. The van der Waals surface area contributed by atoms with Gasteiger partial charge in [0.15, 0.2) is 0 Å². The number of methoxy groups -OCH3 is 1. The maximum Gasteiger partial charge on any atom is 0.416 e. The SMILES string of the molecule is COc1ccccc1C[NH2+]Cc1ccc(C(F)(F)F)cc1. The van der Waals surface area contributed by atoms with Gasteiger partial charge in [0.2, 0.25) is 0 Å². The first-order valence-corrected chi connectivity index (χ1v) is 6.60. The van der Waals surface area contributed by atoms with Crippen molar-refractivity contribution in [2.45, 2.75) is 19.3 Å². The first-order valence-electron chi connectivity index (χ1n) is 6.60. The van der Waals surface area contributed by atoms with E-state index in [9.17, 15) is 13.2 Å². The molecule has 0 atom stereocenters. The van der Waals surface area contributed by atoms with Gasteiger partial charge in [0.1, 0.15) is 18.8 Å². The second-order valence-electron chi connectivity index (χ2n) is 4.70. The number of ether oxygens (including phenoxy) is 1. The van der Waals surface area contributed by atoms with Gasteiger partial charge in [-0.3, -0.25) is 0 Å². The van der Waals surface area contributed by atoms with Crippen molar-refractivity contribution in [1.82, 2.24) is 0 Å². The van der Waals surface area contributed by atoms with E-state index in [2.05, 4.69) is 0 Å². The Kier molecular flexibility index (Phi) is 4.85. The van der Waals surface area contributed by atoms with Crippen LogP contribution < -0.4 is 10.1 Å². The predicted octanol–water partition coefficient (Wildman–Crippen LogP) is 2.98. The average molecular weight is 296 g/mol. The Morgan fingerprint density at radius 3 is 2.24 bits per heavy atom. The first kappa shape index (κ1) is 15.4. The molecule has 2 N–H and O–H groups in total. The van der Waals surface area contributed by atoms with Crippen LogP contribution in [0.15, 0.2) is 48.5 Å². The summed E-state index contributed by atoms with van der Waals surface area (Å²) in [7, 11) is 1.62. The number of para-hydroxylation sites is 1. The maximum absolute atomic E-state index is 12.5. The van der Waals surface area contributed by atoms with Gasteiger partial charge in [0, 0.05) is 11.1 Å². The van der Waals surface area contributed by atoms with Crippen LogP contribution >= 0.6 is 0 Å². The summed E-state index contributed by atoms with van der Waals surface area (Å²) in [4.78, 5) is 0. The zero-order valence-electron chi connectivity index (χ0n) is 11.7. The molecule has 0 heterocycles. The minimum absolute atomic E-state index is 0.615. The summed E-state index contributed by atoms with van der Waals surface area (Å²) < 4.78 is 42.6. The van der Waals surface area contributed by atoms with Gasteiger partial charge in [0.05, 0.1) is 12.7 Å². The Labute approximate surface area is 121 Å². The number of hydrogen-bond acceptors (Lipinski definition) is 1. The molecule has 0 aliphatic carbocycles. The van der Waals surface area contributed by atoms with Crippen molar-refractivity contribution in [2.75, 3.05) is 7.11 Å². The standard InChI is InChI=1S/C16H16F3NO/c1-21-15-5-3-2-4-13(15)11-20-10-12-6-8-14(9-7-12)16(17,18)19/h2-9,20H,10-11H2,1H3/p+1. The molecule has 0 aromatic heterocycles. The van der Waals surface area contributed by atoms with Crippen molar-refractivity contribution in [3.8, 4) is 5.75 Å². The van der Waals surface area contributed by atoms with Crippen LogP contribution in [-0.4, -0.2) is 7.11 Å². The molecule has 0 aliphatic rings. The third-order valence-corrected chi connectivity index (χ3v) is 3.22. The molecule has 0 aliphatic heterocycles. The molecular formula is C16H17F3NO+. The van der Waals surface area contributed by atoms with Gasteiger partial charge in [-0.1, -0.05) is 24.3 Å². The minimum atomic E-state index is -4.28. The summed E-state index contributed by atoms with van der Waals surface area (Å²) >= 11 is 0. The van der Waals surface area contributed by atoms with Crippen LogP contribution in [0.25, 0.3) is 0 Å². The molecule has 5 heteroatoms. The highest BCUT2D eigenvalue weighted by molar-refractivity contribution is 5.32. The average Bonchev–Trinajstić information content (AvgIpc) is 2.47. The molecule has 0 saturated carbocycles. The molecule has 0 saturated heterocycles. The van der Waals surface area contributed by atoms with E-state index in [1.807, 2.05) is 29.6 Å². The molecule has 0 bridgehead atoms. The van der Waals surface area contributed by atoms with Crippen LogP contribution in [0, 0.1) is 0 Å². The molecule has 2 nitrogen and oxygen atoms in total. The highest BCUT2D eigenvalue weighted by Gasteiger charge is 2.29. The quantitative estimate of drug-likeness (QED) is 0.902. The maximum atomic E-state index is 12.5. The smallest absolute Gasteiger partial charge is 0.416 e. The van der Waals surface area contributed by atoms with E-state index in [-0.39, 0.29) is 0 Å². The fourth-order valence-corrected chi connectivity index (χ4v) is 2.10. The Morgan fingerprint density at radius 2 is 1.62 bits per heavy atom. The summed E-state index contributed by atoms with van der Waals surface area (Å²) in [6.45, 7) is 1.33. The summed E-state index contributed by atoms with van der Waals surface area (Å²) in [6.07, 6.45) is -4.28. The van der Waals surface area contributed by atoms with Gasteiger partial charge in [-0.2, -0.15) is 13.2 Å². The Balaban J connectivity index is 1.92. The number of rotatable bonds is 5. The molecule has 112 valence electrons. The molecule has 0 fully saturated rings. The number of hydrogen-bond donors (Lipinski definition) is 1. The lowest BCUT2D eigenvalue weighted by Crippen LogP contribution is -2.80. The highest BCUT2D eigenvalue weighted by atomic mass is 19.4. The third-order valence-electron chi connectivity index (χ3n) is 3.22. The van der Waals surface area contributed by atoms with Gasteiger partial charge in [0.25, 0.3) is 0 Å². The summed E-state index contributed by atoms with van der Waals surface area (Å²) in [6, 6.07) is 13.0. The van der Waals surface area contributed by atoms with Crippen LogP contribution in [0.4, 0.5) is 13.2 Å². The van der Waals surface area contributed by atoms with E-state index in [0.717, 1.165) is 29.0 Å². The fraction of sp³-hybridized carbons (Fsp3) is 0.250. The number of benzene rings is 2. The third kappa shape index (κ3) is 4.23. The normalized spacial score (nSPS) is 11.4. The van der Waals surface area contributed by atoms with Gasteiger partial charge in [-0.25, -0.2) is 0 Å². The predicted molar refractivity (Wildman–Crippen MR) is 73.8 cm³/mol. The monoisotopic (exact) mass is 296 g/mol. The van der Waals surface area contributed by atoms with E-state index in [1.165, 1.54) is 12.1 Å². The lowest BCUT2D eigenvalue weighted by atomic mass is 10.1. The highest BCUT2D eigenvalue weighted by Crippen LogP contribution is 2.28. The van der Waals surface area contributed by atoms with Gasteiger partial charge in [-0.05, 0) is 24.3 Å². The van der Waals surface area contributed by atoms with E-state index in [1.54, 1.807) is 7.11 Å². The molecule has 2 aromatic rings. The second-order valence-corrected chi connectivity index (χ2v) is 4.70. The molecule has 0 amide bonds. The largest absolute Gasteiger partial charge is 0.496 e.